The van der Waals surface area contributed by atoms with Gasteiger partial charge in [-0.25, -0.2) is 4.98 Å². The zero-order valence-corrected chi connectivity index (χ0v) is 16.4. The highest BCUT2D eigenvalue weighted by Gasteiger charge is 2.47. The summed E-state index contributed by atoms with van der Waals surface area (Å²) in [6, 6.07) is 23.6. The van der Waals surface area contributed by atoms with E-state index in [0.29, 0.717) is 0 Å². The second-order valence-corrected chi connectivity index (χ2v) is 8.06. The molecule has 1 spiro atoms. The van der Waals surface area contributed by atoms with Crippen LogP contribution in [0.3, 0.4) is 0 Å². The van der Waals surface area contributed by atoms with E-state index in [1.54, 1.807) is 7.11 Å². The Morgan fingerprint density at radius 3 is 2.59 bits per heavy atom. The van der Waals surface area contributed by atoms with Crippen LogP contribution in [0.15, 0.2) is 72.9 Å². The molecular formula is C26H22N2O. The van der Waals surface area contributed by atoms with Gasteiger partial charge in [0, 0.05) is 23.1 Å². The molecule has 3 heteroatoms. The van der Waals surface area contributed by atoms with Crippen LogP contribution < -0.4 is 4.74 Å². The smallest absolute Gasteiger partial charge is 0.137 e. The molecule has 0 atom stereocenters. The minimum absolute atomic E-state index is 0.140. The first-order valence-corrected chi connectivity index (χ1v) is 10.2. The lowest BCUT2D eigenvalue weighted by atomic mass is 9.61. The topological polar surface area (TPSA) is 27.1 Å². The monoisotopic (exact) mass is 378 g/mol. The number of aromatic nitrogens is 2. The predicted octanol–water partition coefficient (Wildman–Crippen LogP) is 6.01. The Morgan fingerprint density at radius 1 is 0.966 bits per heavy atom. The van der Waals surface area contributed by atoms with Crippen molar-refractivity contribution in [3.05, 3.63) is 89.7 Å². The van der Waals surface area contributed by atoms with Crippen molar-refractivity contribution in [2.75, 3.05) is 7.11 Å². The molecule has 2 aromatic heterocycles. The van der Waals surface area contributed by atoms with Gasteiger partial charge in [0.1, 0.15) is 11.6 Å². The average Bonchev–Trinajstić information content (AvgIpc) is 3.29. The van der Waals surface area contributed by atoms with Crippen LogP contribution in [-0.2, 0) is 5.41 Å². The van der Waals surface area contributed by atoms with Crippen LogP contribution in [-0.4, -0.2) is 16.7 Å². The quantitative estimate of drug-likeness (QED) is 0.436. The van der Waals surface area contributed by atoms with Crippen molar-refractivity contribution in [2.45, 2.75) is 24.7 Å². The number of fused-ring (bicyclic) bond motifs is 3. The molecule has 2 aromatic carbocycles. The van der Waals surface area contributed by atoms with Crippen molar-refractivity contribution in [3.63, 3.8) is 0 Å². The Kier molecular flexibility index (Phi) is 3.48. The van der Waals surface area contributed by atoms with E-state index in [-0.39, 0.29) is 5.41 Å². The maximum atomic E-state index is 5.52. The second-order valence-electron chi connectivity index (χ2n) is 8.06. The summed E-state index contributed by atoms with van der Waals surface area (Å²) in [5.74, 6) is 1.80. The molecule has 0 aliphatic heterocycles. The Balaban J connectivity index is 1.65. The molecule has 0 bridgehead atoms. The van der Waals surface area contributed by atoms with E-state index >= 15 is 0 Å². The van der Waals surface area contributed by atoms with Gasteiger partial charge in [0.2, 0.25) is 0 Å². The standard InChI is InChI=1S/C26H22N2O/c1-29-20-11-10-19-16-24(28(23(19)17-20)25-9-4-5-14-27-25)22-15-18-7-2-3-8-21(18)26(22)12-6-13-26/h2-5,7-11,14-17H,6,12-13H2,1H3. The van der Waals surface area contributed by atoms with Crippen LogP contribution in [0.5, 0.6) is 5.75 Å². The van der Waals surface area contributed by atoms with Gasteiger partial charge in [0.25, 0.3) is 0 Å². The van der Waals surface area contributed by atoms with E-state index < -0.39 is 0 Å². The van der Waals surface area contributed by atoms with E-state index in [4.69, 9.17) is 9.72 Å². The zero-order valence-electron chi connectivity index (χ0n) is 16.4. The molecule has 1 fully saturated rings. The van der Waals surface area contributed by atoms with Gasteiger partial charge < -0.3 is 4.74 Å². The molecule has 4 aromatic rings. The van der Waals surface area contributed by atoms with Crippen LogP contribution in [0.2, 0.25) is 0 Å². The van der Waals surface area contributed by atoms with Crippen molar-refractivity contribution in [1.82, 2.24) is 9.55 Å². The van der Waals surface area contributed by atoms with Crippen molar-refractivity contribution in [3.8, 4) is 11.6 Å². The first-order valence-electron chi connectivity index (χ1n) is 10.2. The number of pyridine rings is 1. The van der Waals surface area contributed by atoms with Crippen LogP contribution in [0.1, 0.15) is 36.1 Å². The summed E-state index contributed by atoms with van der Waals surface area (Å²) in [6.07, 6.45) is 7.97. The Morgan fingerprint density at radius 2 is 1.83 bits per heavy atom. The summed E-state index contributed by atoms with van der Waals surface area (Å²) >= 11 is 0. The van der Waals surface area contributed by atoms with Crippen LogP contribution in [0.25, 0.3) is 28.4 Å². The summed E-state index contributed by atoms with van der Waals surface area (Å²) in [6.45, 7) is 0. The lowest BCUT2D eigenvalue weighted by molar-refractivity contribution is 0.331. The van der Waals surface area contributed by atoms with Crippen LogP contribution in [0, 0.1) is 0 Å². The number of hydrogen-bond donors (Lipinski definition) is 0. The molecule has 3 nitrogen and oxygen atoms in total. The lowest BCUT2D eigenvalue weighted by Crippen LogP contribution is -2.34. The predicted molar refractivity (Wildman–Crippen MR) is 117 cm³/mol. The molecule has 2 heterocycles. The largest absolute Gasteiger partial charge is 0.497 e. The molecule has 0 saturated heterocycles. The van der Waals surface area contributed by atoms with E-state index in [2.05, 4.69) is 65.2 Å². The average molecular weight is 378 g/mol. The maximum absolute atomic E-state index is 5.52. The number of allylic oxidation sites excluding steroid dienone is 1. The second kappa shape index (κ2) is 6.08. The molecule has 2 aliphatic rings. The van der Waals surface area contributed by atoms with Crippen molar-refractivity contribution in [2.24, 2.45) is 0 Å². The number of rotatable bonds is 3. The number of methoxy groups -OCH3 is 1. The maximum Gasteiger partial charge on any atom is 0.137 e. The first kappa shape index (κ1) is 16.6. The fourth-order valence-corrected chi connectivity index (χ4v) is 5.12. The fourth-order valence-electron chi connectivity index (χ4n) is 5.12. The van der Waals surface area contributed by atoms with Gasteiger partial charge in [-0.05, 0) is 65.9 Å². The SMILES string of the molecule is COc1ccc2cc(C3=Cc4ccccc4C34CCC4)n(-c3ccccn3)c2c1. The van der Waals surface area contributed by atoms with Gasteiger partial charge in [0.05, 0.1) is 18.3 Å². The highest BCUT2D eigenvalue weighted by atomic mass is 16.5. The van der Waals surface area contributed by atoms with E-state index in [1.165, 1.54) is 47.0 Å². The summed E-state index contributed by atoms with van der Waals surface area (Å²) in [4.78, 5) is 4.69. The molecule has 0 radical (unpaired) electrons. The van der Waals surface area contributed by atoms with E-state index in [9.17, 15) is 0 Å². The minimum Gasteiger partial charge on any atom is -0.497 e. The van der Waals surface area contributed by atoms with Gasteiger partial charge in [-0.2, -0.15) is 0 Å². The highest BCUT2D eigenvalue weighted by Crippen LogP contribution is 2.58. The molecular weight excluding hydrogens is 356 g/mol. The molecule has 0 amide bonds. The van der Waals surface area contributed by atoms with Gasteiger partial charge in [-0.1, -0.05) is 36.8 Å². The summed E-state index contributed by atoms with van der Waals surface area (Å²) < 4.78 is 7.82. The van der Waals surface area contributed by atoms with Gasteiger partial charge >= 0.3 is 0 Å². The first-order chi connectivity index (χ1) is 14.3. The number of benzene rings is 2. The normalized spacial score (nSPS) is 16.5. The molecule has 0 unspecified atom stereocenters. The van der Waals surface area contributed by atoms with E-state index in [1.807, 2.05) is 18.3 Å². The van der Waals surface area contributed by atoms with Crippen LogP contribution >= 0.6 is 0 Å². The summed E-state index contributed by atoms with van der Waals surface area (Å²) in [7, 11) is 1.72. The van der Waals surface area contributed by atoms with Crippen LogP contribution in [0.4, 0.5) is 0 Å². The Bertz CT molecular complexity index is 1260. The van der Waals surface area contributed by atoms with Crippen molar-refractivity contribution < 1.29 is 4.74 Å². The lowest BCUT2D eigenvalue weighted by Gasteiger charge is -2.42. The molecule has 29 heavy (non-hydrogen) atoms. The Hall–Kier alpha value is -3.33. The van der Waals surface area contributed by atoms with Gasteiger partial charge in [-0.15, -0.1) is 0 Å². The fraction of sp³-hybridized carbons (Fsp3) is 0.192. The molecule has 0 N–H and O–H groups in total. The molecule has 2 aliphatic carbocycles. The molecule has 142 valence electrons. The molecule has 6 rings (SSSR count). The highest BCUT2D eigenvalue weighted by molar-refractivity contribution is 5.98. The minimum atomic E-state index is 0.140. The molecule has 1 saturated carbocycles. The third-order valence-corrected chi connectivity index (χ3v) is 6.66. The number of ether oxygens (including phenoxy) is 1. The Labute approximate surface area is 170 Å². The third kappa shape index (κ3) is 2.27. The van der Waals surface area contributed by atoms with Gasteiger partial charge in [-0.3, -0.25) is 4.57 Å². The number of nitrogens with zero attached hydrogens (tertiary/aromatic N) is 2. The number of hydrogen-bond acceptors (Lipinski definition) is 2. The van der Waals surface area contributed by atoms with Crippen molar-refractivity contribution in [1.29, 1.82) is 0 Å². The third-order valence-electron chi connectivity index (χ3n) is 6.66. The van der Waals surface area contributed by atoms with E-state index in [0.717, 1.165) is 17.1 Å². The summed E-state index contributed by atoms with van der Waals surface area (Å²) in [5, 5.41) is 1.21. The summed E-state index contributed by atoms with van der Waals surface area (Å²) in [5.41, 5.74) is 6.77. The van der Waals surface area contributed by atoms with Crippen molar-refractivity contribution >= 4 is 22.6 Å². The van der Waals surface area contributed by atoms with Gasteiger partial charge in [0.15, 0.2) is 0 Å². The zero-order chi connectivity index (χ0) is 19.4.